The summed E-state index contributed by atoms with van der Waals surface area (Å²) in [5, 5.41) is 18.6. The molecule has 0 spiro atoms. The van der Waals surface area contributed by atoms with E-state index in [0.29, 0.717) is 0 Å². The first-order valence-electron chi connectivity index (χ1n) is 12.0. The van der Waals surface area contributed by atoms with Crippen molar-refractivity contribution in [1.29, 1.82) is 0 Å². The smallest absolute Gasteiger partial charge is 0.118 e. The maximum absolute atomic E-state index is 9.30. The summed E-state index contributed by atoms with van der Waals surface area (Å²) in [4.78, 5) is 0. The third-order valence-corrected chi connectivity index (χ3v) is 6.80. The zero-order valence-electron chi connectivity index (χ0n) is 21.9. The van der Waals surface area contributed by atoms with Gasteiger partial charge in [0.15, 0.2) is 0 Å². The Balaban J connectivity index is 0.000000202. The molecule has 4 aromatic rings. The van der Waals surface area contributed by atoms with Gasteiger partial charge in [0.2, 0.25) is 0 Å². The Morgan fingerprint density at radius 1 is 0.417 bits per heavy atom. The number of ether oxygens (including phenoxy) is 2. The lowest BCUT2D eigenvalue weighted by molar-refractivity contribution is 0.414. The standard InChI is InChI=1S/C17H20O2.C15H16O2/c1-17(2,13-5-9-15(18-3)10-6-13)14-7-11-16(19-4)12-8-14;1-15(2,11-3-7-13(16)8-4-11)12-5-9-14(17)10-6-12/h5-12H,1-4H3;3-10,16-17H,1-2H3. The van der Waals surface area contributed by atoms with Gasteiger partial charge in [-0.1, -0.05) is 76.2 Å². The zero-order chi connectivity index (χ0) is 26.3. The normalized spacial score (nSPS) is 11.3. The summed E-state index contributed by atoms with van der Waals surface area (Å²) in [5.74, 6) is 2.31. The minimum atomic E-state index is -0.151. The van der Waals surface area contributed by atoms with Crippen molar-refractivity contribution in [3.63, 3.8) is 0 Å². The van der Waals surface area contributed by atoms with Crippen molar-refractivity contribution in [3.05, 3.63) is 119 Å². The molecule has 4 nitrogen and oxygen atoms in total. The number of aromatic hydroxyl groups is 2. The topological polar surface area (TPSA) is 58.9 Å². The average Bonchev–Trinajstić information content (AvgIpc) is 2.89. The molecule has 0 aliphatic carbocycles. The van der Waals surface area contributed by atoms with Crippen molar-refractivity contribution in [2.75, 3.05) is 14.2 Å². The van der Waals surface area contributed by atoms with Crippen LogP contribution in [0.5, 0.6) is 23.0 Å². The Kier molecular flexibility index (Phi) is 8.31. The van der Waals surface area contributed by atoms with Gasteiger partial charge >= 0.3 is 0 Å². The maximum atomic E-state index is 9.30. The third-order valence-electron chi connectivity index (χ3n) is 6.80. The van der Waals surface area contributed by atoms with Gasteiger partial charge in [-0.2, -0.15) is 0 Å². The summed E-state index contributed by atoms with van der Waals surface area (Å²) in [6, 6.07) is 30.9. The van der Waals surface area contributed by atoms with Crippen molar-refractivity contribution >= 4 is 0 Å². The van der Waals surface area contributed by atoms with Crippen LogP contribution in [0.25, 0.3) is 0 Å². The van der Waals surface area contributed by atoms with Crippen LogP contribution in [-0.4, -0.2) is 24.4 Å². The highest BCUT2D eigenvalue weighted by molar-refractivity contribution is 5.42. The van der Waals surface area contributed by atoms with Gasteiger partial charge in [0.1, 0.15) is 23.0 Å². The van der Waals surface area contributed by atoms with Crippen LogP contribution in [0.3, 0.4) is 0 Å². The highest BCUT2D eigenvalue weighted by Gasteiger charge is 2.23. The quantitative estimate of drug-likeness (QED) is 0.298. The molecule has 4 rings (SSSR count). The van der Waals surface area contributed by atoms with E-state index in [0.717, 1.165) is 22.6 Å². The molecule has 0 fully saturated rings. The van der Waals surface area contributed by atoms with Crippen LogP contribution >= 0.6 is 0 Å². The number of benzene rings is 4. The van der Waals surface area contributed by atoms with E-state index < -0.39 is 0 Å². The molecule has 0 aliphatic heterocycles. The number of phenols is 2. The second-order valence-electron chi connectivity index (χ2n) is 9.80. The summed E-state index contributed by atoms with van der Waals surface area (Å²) in [7, 11) is 3.37. The van der Waals surface area contributed by atoms with E-state index in [1.807, 2.05) is 48.5 Å². The summed E-state index contributed by atoms with van der Waals surface area (Å²) in [6.07, 6.45) is 0. The van der Waals surface area contributed by atoms with E-state index in [9.17, 15) is 10.2 Å². The van der Waals surface area contributed by atoms with Crippen LogP contribution in [0, 0.1) is 0 Å². The lowest BCUT2D eigenvalue weighted by Crippen LogP contribution is -2.18. The summed E-state index contributed by atoms with van der Waals surface area (Å²) >= 11 is 0. The predicted octanol–water partition coefficient (Wildman–Crippen LogP) is 7.45. The summed E-state index contributed by atoms with van der Waals surface area (Å²) in [5.41, 5.74) is 4.58. The van der Waals surface area contributed by atoms with Crippen molar-refractivity contribution in [3.8, 4) is 23.0 Å². The molecule has 0 aromatic heterocycles. The highest BCUT2D eigenvalue weighted by Crippen LogP contribution is 2.34. The van der Waals surface area contributed by atoms with E-state index in [-0.39, 0.29) is 22.3 Å². The van der Waals surface area contributed by atoms with Crippen molar-refractivity contribution in [1.82, 2.24) is 0 Å². The fourth-order valence-electron chi connectivity index (χ4n) is 4.10. The molecule has 0 saturated carbocycles. The molecule has 0 radical (unpaired) electrons. The molecule has 0 aliphatic rings. The second kappa shape index (κ2) is 11.2. The van der Waals surface area contributed by atoms with Gasteiger partial charge in [0.05, 0.1) is 14.2 Å². The van der Waals surface area contributed by atoms with Gasteiger partial charge < -0.3 is 19.7 Å². The van der Waals surface area contributed by atoms with Gasteiger partial charge in [0.25, 0.3) is 0 Å². The molecule has 188 valence electrons. The first-order valence-corrected chi connectivity index (χ1v) is 12.0. The largest absolute Gasteiger partial charge is 0.508 e. The van der Waals surface area contributed by atoms with Crippen LogP contribution in [0.15, 0.2) is 97.1 Å². The van der Waals surface area contributed by atoms with Crippen LogP contribution in [0.1, 0.15) is 49.9 Å². The zero-order valence-corrected chi connectivity index (χ0v) is 21.9. The van der Waals surface area contributed by atoms with E-state index in [2.05, 4.69) is 52.0 Å². The minimum absolute atomic E-state index is 0.0431. The monoisotopic (exact) mass is 484 g/mol. The molecular formula is C32H36O4. The molecule has 0 atom stereocenters. The van der Waals surface area contributed by atoms with E-state index in [1.54, 1.807) is 38.5 Å². The predicted molar refractivity (Wildman–Crippen MR) is 146 cm³/mol. The number of phenolic OH excluding ortho intramolecular Hbond substituents is 2. The molecule has 0 amide bonds. The Hall–Kier alpha value is -3.92. The molecule has 4 heteroatoms. The molecule has 0 unspecified atom stereocenters. The van der Waals surface area contributed by atoms with E-state index in [1.165, 1.54) is 11.1 Å². The van der Waals surface area contributed by atoms with Gasteiger partial charge in [-0.15, -0.1) is 0 Å². The van der Waals surface area contributed by atoms with Crippen molar-refractivity contribution < 1.29 is 19.7 Å². The Morgan fingerprint density at radius 2 is 0.639 bits per heavy atom. The van der Waals surface area contributed by atoms with Gasteiger partial charge in [-0.05, 0) is 70.8 Å². The Labute approximate surface area is 214 Å². The van der Waals surface area contributed by atoms with E-state index in [4.69, 9.17) is 9.47 Å². The molecule has 2 N–H and O–H groups in total. The second-order valence-corrected chi connectivity index (χ2v) is 9.80. The highest BCUT2D eigenvalue weighted by atomic mass is 16.5. The summed E-state index contributed by atoms with van der Waals surface area (Å²) < 4.78 is 10.4. The van der Waals surface area contributed by atoms with Crippen LogP contribution in [-0.2, 0) is 10.8 Å². The molecule has 36 heavy (non-hydrogen) atoms. The SMILES string of the molecule is CC(C)(c1ccc(O)cc1)c1ccc(O)cc1.COc1ccc(C(C)(C)c2ccc(OC)cc2)cc1. The molecule has 0 heterocycles. The average molecular weight is 485 g/mol. The Morgan fingerprint density at radius 3 is 0.861 bits per heavy atom. The fraction of sp³-hybridized carbons (Fsp3) is 0.250. The Bertz CT molecular complexity index is 1120. The molecule has 0 saturated heterocycles. The van der Waals surface area contributed by atoms with E-state index >= 15 is 0 Å². The van der Waals surface area contributed by atoms with Crippen LogP contribution in [0.4, 0.5) is 0 Å². The maximum Gasteiger partial charge on any atom is 0.118 e. The van der Waals surface area contributed by atoms with Crippen LogP contribution in [0.2, 0.25) is 0 Å². The lowest BCUT2D eigenvalue weighted by Gasteiger charge is -2.26. The number of methoxy groups -OCH3 is 2. The first-order chi connectivity index (χ1) is 17.1. The minimum Gasteiger partial charge on any atom is -0.508 e. The molecular weight excluding hydrogens is 448 g/mol. The van der Waals surface area contributed by atoms with Crippen molar-refractivity contribution in [2.45, 2.75) is 38.5 Å². The van der Waals surface area contributed by atoms with Crippen molar-refractivity contribution in [2.24, 2.45) is 0 Å². The van der Waals surface area contributed by atoms with Crippen LogP contribution < -0.4 is 9.47 Å². The fourth-order valence-corrected chi connectivity index (χ4v) is 4.10. The number of hydrogen-bond acceptors (Lipinski definition) is 4. The van der Waals surface area contributed by atoms with Gasteiger partial charge in [-0.3, -0.25) is 0 Å². The molecule has 4 aromatic carbocycles. The first kappa shape index (κ1) is 26.7. The number of hydrogen-bond donors (Lipinski definition) is 2. The van der Waals surface area contributed by atoms with Gasteiger partial charge in [0, 0.05) is 10.8 Å². The summed E-state index contributed by atoms with van der Waals surface area (Å²) in [6.45, 7) is 8.67. The molecule has 0 bridgehead atoms. The third kappa shape index (κ3) is 6.19. The number of rotatable bonds is 6. The lowest BCUT2D eigenvalue weighted by atomic mass is 9.78. The van der Waals surface area contributed by atoms with Gasteiger partial charge in [-0.25, -0.2) is 0 Å².